The highest BCUT2D eigenvalue weighted by Gasteiger charge is 2.30. The molecule has 1 amide bonds. The van der Waals surface area contributed by atoms with Gasteiger partial charge in [-0.25, -0.2) is 0 Å². The van der Waals surface area contributed by atoms with E-state index in [1.54, 1.807) is 43.5 Å². The normalized spacial score (nSPS) is 15.4. The molecule has 1 fully saturated rings. The minimum absolute atomic E-state index is 0.0358. The lowest BCUT2D eigenvalue weighted by atomic mass is 10.1. The molecule has 1 saturated heterocycles. The third-order valence-electron chi connectivity index (χ3n) is 6.37. The summed E-state index contributed by atoms with van der Waals surface area (Å²) in [5.74, 6) is 0.604. The number of halogens is 4. The lowest BCUT2D eigenvalue weighted by Gasteiger charge is -2.36. The molecule has 0 aromatic heterocycles. The molecule has 9 heteroatoms. The second kappa shape index (κ2) is 12.0. The van der Waals surface area contributed by atoms with E-state index in [9.17, 15) is 18.0 Å². The van der Waals surface area contributed by atoms with Crippen molar-refractivity contribution in [3.8, 4) is 5.75 Å². The van der Waals surface area contributed by atoms with Gasteiger partial charge in [0, 0.05) is 43.3 Å². The smallest absolute Gasteiger partial charge is 0.416 e. The molecular weight excluding hydrogens is 505 g/mol. The molecule has 3 aromatic rings. The largest absolute Gasteiger partial charge is 0.497 e. The molecule has 1 atom stereocenters. The average Bonchev–Trinajstić information content (AvgIpc) is 2.91. The molecule has 0 aliphatic carbocycles. The van der Waals surface area contributed by atoms with Crippen LogP contribution in [0.4, 0.5) is 13.2 Å². The Morgan fingerprint density at radius 1 is 0.973 bits per heavy atom. The number of ether oxygens (including phenoxy) is 2. The van der Waals surface area contributed by atoms with E-state index < -0.39 is 11.7 Å². The first-order valence-corrected chi connectivity index (χ1v) is 12.3. The van der Waals surface area contributed by atoms with E-state index in [0.29, 0.717) is 54.6 Å². The lowest BCUT2D eigenvalue weighted by molar-refractivity contribution is -0.137. The Balaban J connectivity index is 1.38. The number of hydrogen-bond acceptors (Lipinski definition) is 4. The van der Waals surface area contributed by atoms with Crippen LogP contribution in [0.5, 0.6) is 5.75 Å². The Bertz CT molecular complexity index is 1180. The van der Waals surface area contributed by atoms with Crippen molar-refractivity contribution in [3.63, 3.8) is 0 Å². The molecule has 0 radical (unpaired) electrons. The zero-order chi connectivity index (χ0) is 26.4. The summed E-state index contributed by atoms with van der Waals surface area (Å²) >= 11 is 6.06. The topological polar surface area (TPSA) is 42.0 Å². The van der Waals surface area contributed by atoms with E-state index in [0.717, 1.165) is 17.7 Å². The SMILES string of the molecule is COc1cccc(C(=O)N2CCN(C[C@H](OCc3ccc(C(F)(F)F)cc3)c3ccc(Cl)cc3)CC2)c1. The number of rotatable bonds is 8. The van der Waals surface area contributed by atoms with Crippen LogP contribution in [0.1, 0.15) is 33.2 Å². The molecule has 0 unspecified atom stereocenters. The molecule has 196 valence electrons. The van der Waals surface area contributed by atoms with Crippen LogP contribution >= 0.6 is 11.6 Å². The number of piperazine rings is 1. The zero-order valence-electron chi connectivity index (χ0n) is 20.4. The van der Waals surface area contributed by atoms with E-state index in [1.807, 2.05) is 17.0 Å². The molecule has 0 spiro atoms. The number of alkyl halides is 3. The van der Waals surface area contributed by atoms with Crippen molar-refractivity contribution in [1.29, 1.82) is 0 Å². The fourth-order valence-electron chi connectivity index (χ4n) is 4.23. The van der Waals surface area contributed by atoms with Crippen molar-refractivity contribution in [2.75, 3.05) is 39.8 Å². The second-order valence-electron chi connectivity index (χ2n) is 8.87. The van der Waals surface area contributed by atoms with Gasteiger partial charge in [0.05, 0.1) is 25.4 Å². The summed E-state index contributed by atoms with van der Waals surface area (Å²) in [5, 5.41) is 0.606. The first kappa shape index (κ1) is 27.0. The van der Waals surface area contributed by atoms with E-state index in [2.05, 4.69) is 4.90 Å². The van der Waals surface area contributed by atoms with Crippen molar-refractivity contribution >= 4 is 17.5 Å². The monoisotopic (exact) mass is 532 g/mol. The maximum atomic E-state index is 12.9. The lowest BCUT2D eigenvalue weighted by Crippen LogP contribution is -2.49. The van der Waals surface area contributed by atoms with Gasteiger partial charge in [-0.1, -0.05) is 41.9 Å². The van der Waals surface area contributed by atoms with Crippen LogP contribution in [0, 0.1) is 0 Å². The van der Waals surface area contributed by atoms with E-state index in [4.69, 9.17) is 21.1 Å². The van der Waals surface area contributed by atoms with E-state index in [-0.39, 0.29) is 18.6 Å². The molecule has 37 heavy (non-hydrogen) atoms. The third kappa shape index (κ3) is 7.25. The molecule has 1 aliphatic rings. The number of carbonyl (C=O) groups is 1. The minimum atomic E-state index is -4.37. The Morgan fingerprint density at radius 2 is 1.65 bits per heavy atom. The average molecular weight is 533 g/mol. The van der Waals surface area contributed by atoms with Crippen molar-refractivity contribution in [3.05, 3.63) is 100 Å². The standard InChI is InChI=1S/C28H28ClF3N2O3/c1-36-25-4-2-3-22(17-25)27(35)34-15-13-33(14-16-34)18-26(21-7-11-24(29)12-8-21)37-19-20-5-9-23(10-6-20)28(30,31)32/h2-12,17,26H,13-16,18-19H2,1H3/t26-/m0/s1. The Hall–Kier alpha value is -3.07. The van der Waals surface area contributed by atoms with Crippen molar-refractivity contribution < 1.29 is 27.4 Å². The quantitative estimate of drug-likeness (QED) is 0.352. The molecule has 0 bridgehead atoms. The summed E-state index contributed by atoms with van der Waals surface area (Å²) in [4.78, 5) is 17.0. The maximum Gasteiger partial charge on any atom is 0.416 e. The number of methoxy groups -OCH3 is 1. The minimum Gasteiger partial charge on any atom is -0.497 e. The summed E-state index contributed by atoms with van der Waals surface area (Å²) in [6, 6.07) is 19.5. The zero-order valence-corrected chi connectivity index (χ0v) is 21.1. The van der Waals surface area contributed by atoms with Gasteiger partial charge in [0.2, 0.25) is 0 Å². The first-order chi connectivity index (χ1) is 17.7. The number of hydrogen-bond donors (Lipinski definition) is 0. The van der Waals surface area contributed by atoms with Crippen molar-refractivity contribution in [2.24, 2.45) is 0 Å². The summed E-state index contributed by atoms with van der Waals surface area (Å²) < 4.78 is 50.1. The number of benzene rings is 3. The van der Waals surface area contributed by atoms with Gasteiger partial charge in [-0.15, -0.1) is 0 Å². The first-order valence-electron chi connectivity index (χ1n) is 11.9. The van der Waals surface area contributed by atoms with Gasteiger partial charge in [0.15, 0.2) is 0 Å². The van der Waals surface area contributed by atoms with Gasteiger partial charge in [-0.05, 0) is 53.6 Å². The highest BCUT2D eigenvalue weighted by molar-refractivity contribution is 6.30. The van der Waals surface area contributed by atoms with Crippen LogP contribution in [0.3, 0.4) is 0 Å². The molecule has 0 saturated carbocycles. The number of carbonyl (C=O) groups excluding carboxylic acids is 1. The molecule has 1 aliphatic heterocycles. The third-order valence-corrected chi connectivity index (χ3v) is 6.63. The maximum absolute atomic E-state index is 12.9. The van der Waals surface area contributed by atoms with Gasteiger partial charge >= 0.3 is 6.18 Å². The summed E-state index contributed by atoms with van der Waals surface area (Å²) in [6.07, 6.45) is -4.69. The molecule has 5 nitrogen and oxygen atoms in total. The fourth-order valence-corrected chi connectivity index (χ4v) is 4.35. The van der Waals surface area contributed by atoms with E-state index >= 15 is 0 Å². The highest BCUT2D eigenvalue weighted by atomic mass is 35.5. The summed E-state index contributed by atoms with van der Waals surface area (Å²) in [5.41, 5.74) is 1.48. The van der Waals surface area contributed by atoms with Crippen molar-refractivity contribution in [1.82, 2.24) is 9.80 Å². The van der Waals surface area contributed by atoms with Gasteiger partial charge in [0.25, 0.3) is 5.91 Å². The van der Waals surface area contributed by atoms with Crippen LogP contribution in [0.2, 0.25) is 5.02 Å². The predicted octanol–water partition coefficient (Wildman–Crippen LogP) is 6.08. The van der Waals surface area contributed by atoms with Crippen LogP contribution in [0.15, 0.2) is 72.8 Å². The summed E-state index contributed by atoms with van der Waals surface area (Å²) in [6.45, 7) is 3.22. The Morgan fingerprint density at radius 3 is 2.27 bits per heavy atom. The highest BCUT2D eigenvalue weighted by Crippen LogP contribution is 2.30. The molecule has 0 N–H and O–H groups in total. The number of amides is 1. The molecule has 3 aromatic carbocycles. The molecule has 4 rings (SSSR count). The summed E-state index contributed by atoms with van der Waals surface area (Å²) in [7, 11) is 1.57. The van der Waals surface area contributed by atoms with Gasteiger partial charge in [-0.2, -0.15) is 13.2 Å². The van der Waals surface area contributed by atoms with Crippen LogP contribution in [-0.4, -0.2) is 55.5 Å². The Labute approximate surface area is 219 Å². The van der Waals surface area contributed by atoms with Crippen LogP contribution in [0.25, 0.3) is 0 Å². The van der Waals surface area contributed by atoms with Gasteiger partial charge in [-0.3, -0.25) is 9.69 Å². The van der Waals surface area contributed by atoms with Crippen molar-refractivity contribution in [2.45, 2.75) is 18.9 Å². The van der Waals surface area contributed by atoms with Gasteiger partial charge < -0.3 is 14.4 Å². The molecular formula is C28H28ClF3N2O3. The number of nitrogens with zero attached hydrogens (tertiary/aromatic N) is 2. The van der Waals surface area contributed by atoms with E-state index in [1.165, 1.54) is 12.1 Å². The van der Waals surface area contributed by atoms with Crippen LogP contribution < -0.4 is 4.74 Å². The predicted molar refractivity (Wildman–Crippen MR) is 136 cm³/mol. The van der Waals surface area contributed by atoms with Gasteiger partial charge in [0.1, 0.15) is 5.75 Å². The second-order valence-corrected chi connectivity index (χ2v) is 9.31. The fraction of sp³-hybridized carbons (Fsp3) is 0.321. The molecule has 1 heterocycles. The Kier molecular flexibility index (Phi) is 8.74. The van der Waals surface area contributed by atoms with Crippen LogP contribution in [-0.2, 0) is 17.5 Å².